The first-order valence-electron chi connectivity index (χ1n) is 12.5. The third kappa shape index (κ3) is 6.14. The van der Waals surface area contributed by atoms with E-state index < -0.39 is 0 Å². The number of rotatable bonds is 6. The van der Waals surface area contributed by atoms with E-state index in [1.807, 2.05) is 19.2 Å². The highest BCUT2D eigenvalue weighted by Gasteiger charge is 2.29. The third-order valence-corrected chi connectivity index (χ3v) is 6.97. The van der Waals surface area contributed by atoms with Crippen LogP contribution in [0, 0.1) is 0 Å². The van der Waals surface area contributed by atoms with E-state index in [2.05, 4.69) is 59.8 Å². The molecule has 2 aliphatic heterocycles. The number of aryl methyl sites for hydroxylation is 1. The second-order valence-corrected chi connectivity index (χ2v) is 9.49. The number of likely N-dealkylation sites (N-methyl/N-ethyl adjacent to an activating group) is 2. The van der Waals surface area contributed by atoms with Crippen LogP contribution in [-0.2, 0) is 6.42 Å². The van der Waals surface area contributed by atoms with E-state index >= 15 is 0 Å². The lowest BCUT2D eigenvalue weighted by Gasteiger charge is -2.41. The molecule has 1 aromatic rings. The molecule has 1 aromatic heterocycles. The molecule has 3 aliphatic rings. The smallest absolute Gasteiger partial charge is 0.107 e. The maximum Gasteiger partial charge on any atom is 0.107 e. The van der Waals surface area contributed by atoms with Crippen molar-refractivity contribution in [2.45, 2.75) is 39.2 Å². The van der Waals surface area contributed by atoms with Gasteiger partial charge in [0.25, 0.3) is 0 Å². The number of nitrogens with zero attached hydrogens (tertiary/aromatic N) is 6. The van der Waals surface area contributed by atoms with Crippen molar-refractivity contribution >= 4 is 5.84 Å². The van der Waals surface area contributed by atoms with Gasteiger partial charge in [0.1, 0.15) is 11.7 Å². The normalized spacial score (nSPS) is 21.0. The predicted octanol–water partition coefficient (Wildman–Crippen LogP) is 3.25. The minimum atomic E-state index is 0.338. The quantitative estimate of drug-likeness (QED) is 0.651. The number of pyridine rings is 1. The Bertz CT molecular complexity index is 911. The van der Waals surface area contributed by atoms with E-state index in [1.54, 1.807) is 6.08 Å². The van der Waals surface area contributed by atoms with Crippen LogP contribution in [0.5, 0.6) is 0 Å². The van der Waals surface area contributed by atoms with Crippen molar-refractivity contribution in [3.8, 4) is 0 Å². The molecule has 1 atom stereocenters. The van der Waals surface area contributed by atoms with Crippen LogP contribution in [0.15, 0.2) is 59.6 Å². The summed E-state index contributed by atoms with van der Waals surface area (Å²) in [5.41, 5.74) is 11.1. The Balaban J connectivity index is 0.00000103. The molecule has 1 fully saturated rings. The number of allylic oxidation sites excluding steroid dienone is 1. The van der Waals surface area contributed by atoms with Crippen molar-refractivity contribution in [1.29, 1.82) is 0 Å². The maximum atomic E-state index is 6.19. The summed E-state index contributed by atoms with van der Waals surface area (Å²) in [4.78, 5) is 19.1. The molecule has 0 unspecified atom stereocenters. The Morgan fingerprint density at radius 1 is 1.29 bits per heavy atom. The van der Waals surface area contributed by atoms with Crippen molar-refractivity contribution < 1.29 is 0 Å². The Morgan fingerprint density at radius 2 is 2.00 bits per heavy atom. The zero-order valence-electron chi connectivity index (χ0n) is 21.6. The minimum absolute atomic E-state index is 0.338. The first kappa shape index (κ1) is 26.1. The van der Waals surface area contributed by atoms with Gasteiger partial charge in [0.15, 0.2) is 0 Å². The van der Waals surface area contributed by atoms with E-state index in [0.717, 1.165) is 69.5 Å². The number of fused-ring (bicyclic) bond motifs is 1. The molecule has 1 saturated heterocycles. The topological polar surface area (TPSA) is 64.2 Å². The summed E-state index contributed by atoms with van der Waals surface area (Å²) in [6.07, 6.45) is 7.14. The Hall–Kier alpha value is -2.48. The average molecular weight is 466 g/mol. The van der Waals surface area contributed by atoms with E-state index in [-0.39, 0.29) is 0 Å². The van der Waals surface area contributed by atoms with Gasteiger partial charge < -0.3 is 20.4 Å². The molecule has 0 bridgehead atoms. The minimum Gasteiger partial charge on any atom is -0.356 e. The van der Waals surface area contributed by atoms with Crippen molar-refractivity contribution in [1.82, 2.24) is 24.6 Å². The van der Waals surface area contributed by atoms with Crippen LogP contribution in [0.3, 0.4) is 0 Å². The maximum absolute atomic E-state index is 6.19. The van der Waals surface area contributed by atoms with Gasteiger partial charge in [-0.1, -0.05) is 18.7 Å². The molecule has 4 rings (SSSR count). The van der Waals surface area contributed by atoms with Crippen molar-refractivity contribution in [3.05, 3.63) is 65.9 Å². The largest absolute Gasteiger partial charge is 0.356 e. The molecule has 0 saturated carbocycles. The lowest BCUT2D eigenvalue weighted by Crippen LogP contribution is -2.49. The van der Waals surface area contributed by atoms with Crippen LogP contribution in [0.25, 0.3) is 0 Å². The van der Waals surface area contributed by atoms with Gasteiger partial charge in [0, 0.05) is 52.0 Å². The fraction of sp³-hybridized carbons (Fsp3) is 0.556. The molecular weight excluding hydrogens is 422 g/mol. The van der Waals surface area contributed by atoms with Gasteiger partial charge in [0.2, 0.25) is 0 Å². The van der Waals surface area contributed by atoms with Gasteiger partial charge in [-0.15, -0.1) is 6.58 Å². The van der Waals surface area contributed by atoms with Crippen LogP contribution >= 0.6 is 0 Å². The fourth-order valence-electron chi connectivity index (χ4n) is 4.93. The van der Waals surface area contributed by atoms with Gasteiger partial charge in [-0.3, -0.25) is 9.88 Å². The molecule has 2 N–H and O–H groups in total. The average Bonchev–Trinajstić information content (AvgIpc) is 2.84. The summed E-state index contributed by atoms with van der Waals surface area (Å²) in [7, 11) is 4.36. The van der Waals surface area contributed by atoms with Crippen LogP contribution < -0.4 is 5.73 Å². The molecule has 0 amide bonds. The molecule has 7 nitrogen and oxygen atoms in total. The number of hydrogen-bond acceptors (Lipinski definition) is 7. The lowest BCUT2D eigenvalue weighted by atomic mass is 9.91. The summed E-state index contributed by atoms with van der Waals surface area (Å²) in [5.74, 6) is 2.05. The van der Waals surface area contributed by atoms with E-state index in [1.165, 1.54) is 23.3 Å². The molecule has 0 spiro atoms. The summed E-state index contributed by atoms with van der Waals surface area (Å²) in [6.45, 7) is 18.0. The highest BCUT2D eigenvalue weighted by molar-refractivity contribution is 5.83. The van der Waals surface area contributed by atoms with E-state index in [0.29, 0.717) is 12.6 Å². The third-order valence-electron chi connectivity index (χ3n) is 6.97. The number of hydrogen-bond donors (Lipinski definition) is 1. The van der Waals surface area contributed by atoms with Crippen molar-refractivity contribution in [2.24, 2.45) is 10.7 Å². The second kappa shape index (κ2) is 12.3. The molecule has 7 heteroatoms. The highest BCUT2D eigenvalue weighted by atomic mass is 15.4. The zero-order valence-corrected chi connectivity index (χ0v) is 21.6. The van der Waals surface area contributed by atoms with Crippen LogP contribution in [-0.4, -0.2) is 90.3 Å². The fourth-order valence-corrected chi connectivity index (χ4v) is 4.93. The zero-order chi connectivity index (χ0) is 24.7. The number of aromatic nitrogens is 1. The summed E-state index contributed by atoms with van der Waals surface area (Å²) in [5, 5.41) is 0. The SMILES string of the molecule is C=C(N1CCN(C)CC1)N1CC(CN)=C(CN(C)[C@H]2CCCc3cccnc32)N=C1C.C=CC. The highest BCUT2D eigenvalue weighted by Crippen LogP contribution is 2.33. The number of amidine groups is 1. The van der Waals surface area contributed by atoms with Gasteiger partial charge in [-0.2, -0.15) is 0 Å². The second-order valence-electron chi connectivity index (χ2n) is 9.49. The Kier molecular flexibility index (Phi) is 9.45. The predicted molar refractivity (Wildman–Crippen MR) is 143 cm³/mol. The number of aliphatic imine (C=N–C) groups is 1. The molecule has 3 heterocycles. The molecule has 0 aromatic carbocycles. The molecule has 1 aliphatic carbocycles. The summed E-state index contributed by atoms with van der Waals surface area (Å²) >= 11 is 0. The molecular formula is C27H43N7. The van der Waals surface area contributed by atoms with Gasteiger partial charge in [-0.25, -0.2) is 4.99 Å². The van der Waals surface area contributed by atoms with Gasteiger partial charge in [0.05, 0.1) is 17.4 Å². The monoisotopic (exact) mass is 465 g/mol. The van der Waals surface area contributed by atoms with Crippen LogP contribution in [0.2, 0.25) is 0 Å². The first-order valence-corrected chi connectivity index (χ1v) is 12.5. The Labute approximate surface area is 206 Å². The van der Waals surface area contributed by atoms with Crippen molar-refractivity contribution in [3.63, 3.8) is 0 Å². The number of nitrogens with two attached hydrogens (primary N) is 1. The van der Waals surface area contributed by atoms with Crippen LogP contribution in [0.4, 0.5) is 0 Å². The van der Waals surface area contributed by atoms with Gasteiger partial charge >= 0.3 is 0 Å². The molecule has 34 heavy (non-hydrogen) atoms. The first-order chi connectivity index (χ1) is 16.4. The summed E-state index contributed by atoms with van der Waals surface area (Å²) in [6, 6.07) is 4.61. The standard InChI is InChI=1S/C24H37N7.C3H6/c1-18-27-22(17-29(4)23-9-5-7-20-8-6-10-26-24(20)23)21(15-25)16-31(18)19(2)30-13-11-28(3)12-14-30;1-3-2/h6,8,10,23H,2,5,7,9,11-17,25H2,1,3-4H3;3H,1H2,2H3/t23-;/m0./s1. The molecule has 0 radical (unpaired) electrons. The van der Waals surface area contributed by atoms with Gasteiger partial charge in [-0.05, 0) is 64.4 Å². The van der Waals surface area contributed by atoms with E-state index in [9.17, 15) is 0 Å². The van der Waals surface area contributed by atoms with Crippen LogP contribution in [0.1, 0.15) is 44.0 Å². The summed E-state index contributed by atoms with van der Waals surface area (Å²) < 4.78 is 0. The Morgan fingerprint density at radius 3 is 2.68 bits per heavy atom. The van der Waals surface area contributed by atoms with Crippen molar-refractivity contribution in [2.75, 3.05) is 59.9 Å². The van der Waals surface area contributed by atoms with E-state index in [4.69, 9.17) is 15.7 Å². The molecule has 186 valence electrons. The number of piperazine rings is 1. The lowest BCUT2D eigenvalue weighted by molar-refractivity contribution is 0.161.